The van der Waals surface area contributed by atoms with E-state index in [2.05, 4.69) is 231 Å². The maximum atomic E-state index is 5.15. The molecule has 6 heteroatoms. The Morgan fingerprint density at radius 2 is 1.02 bits per heavy atom. The molecule has 294 valence electrons. The van der Waals surface area contributed by atoms with Crippen LogP contribution in [0.3, 0.4) is 0 Å². The Morgan fingerprint density at radius 3 is 1.70 bits per heavy atom. The Kier molecular flexibility index (Phi) is 10.3. The molecule has 0 aliphatic rings. The molecule has 0 radical (unpaired) electrons. The summed E-state index contributed by atoms with van der Waals surface area (Å²) >= 11 is 0. The third kappa shape index (κ3) is 7.56. The smallest absolute Gasteiger partial charge is 0.137 e. The number of pyridine rings is 2. The molecular weight excluding hydrogens is 761 g/mol. The first kappa shape index (κ1) is 38.9. The van der Waals surface area contributed by atoms with Gasteiger partial charge in [-0.3, -0.25) is 9.55 Å². The lowest BCUT2D eigenvalue weighted by Crippen LogP contribution is -2.37. The molecule has 0 N–H and O–H groups in total. The van der Waals surface area contributed by atoms with Gasteiger partial charge in [-0.15, -0.1) is 0 Å². The fourth-order valence-corrected chi connectivity index (χ4v) is 10.5. The summed E-state index contributed by atoms with van der Waals surface area (Å²) in [5.41, 5.74) is 13.3. The summed E-state index contributed by atoms with van der Waals surface area (Å²) in [5, 5.41) is 3.93. The molecule has 0 spiro atoms. The normalized spacial score (nSPS) is 11.8. The molecule has 0 saturated heterocycles. The minimum atomic E-state index is -1.69. The van der Waals surface area contributed by atoms with Gasteiger partial charge in [0, 0.05) is 45.8 Å². The predicted molar refractivity (Wildman–Crippen MR) is 261 cm³/mol. The summed E-state index contributed by atoms with van der Waals surface area (Å²) in [7, 11) is -3.25. The maximum absolute atomic E-state index is 5.15. The van der Waals surface area contributed by atoms with Gasteiger partial charge in [-0.1, -0.05) is 177 Å². The van der Waals surface area contributed by atoms with Gasteiger partial charge in [-0.25, -0.2) is 4.98 Å². The van der Waals surface area contributed by atoms with Gasteiger partial charge < -0.3 is 4.90 Å². The number of anilines is 3. The molecule has 9 rings (SSSR count). The number of hydrogen-bond acceptors (Lipinski definition) is 3. The zero-order chi connectivity index (χ0) is 41.4. The Bertz CT molecular complexity index is 2950. The van der Waals surface area contributed by atoms with Crippen LogP contribution in [0.5, 0.6) is 0 Å². The largest absolute Gasteiger partial charge is 0.310 e. The highest BCUT2D eigenvalue weighted by molar-refractivity contribution is 6.89. The van der Waals surface area contributed by atoms with Crippen LogP contribution in [0, 0.1) is 0 Å². The van der Waals surface area contributed by atoms with E-state index in [1.165, 1.54) is 26.9 Å². The van der Waals surface area contributed by atoms with Gasteiger partial charge in [-0.05, 0) is 71.3 Å². The lowest BCUT2D eigenvalue weighted by atomic mass is 9.98. The summed E-state index contributed by atoms with van der Waals surface area (Å²) in [6.45, 7) is 14.4. The number of benzene rings is 6. The zero-order valence-electron chi connectivity index (χ0n) is 35.3. The number of rotatable bonds is 10. The van der Waals surface area contributed by atoms with Crippen LogP contribution in [0.25, 0.3) is 61.5 Å². The number of hydrogen-bond donors (Lipinski definition) is 0. The molecule has 0 atom stereocenters. The van der Waals surface area contributed by atoms with Crippen LogP contribution in [-0.2, 0) is 0 Å². The lowest BCUT2D eigenvalue weighted by Gasteiger charge is -2.28. The standard InChI is InChI=1S/C54H50N4Si2/c1-59(2,3)45-31-33-55-49(37-45)42-25-18-26-43(35-42)57(50-28-17-16-27-47(50)39-19-10-7-11-20-39)44-29-30-48-51(36-44)58(52-38-46(32-34-56-52)60(4,5)6)54(41-23-14-9-15-24-41)53(48)40-21-12-8-13-22-40/h7-38H,1-6H3. The topological polar surface area (TPSA) is 34.0 Å². The molecule has 0 amide bonds. The highest BCUT2D eigenvalue weighted by Crippen LogP contribution is 2.47. The predicted octanol–water partition coefficient (Wildman–Crippen LogP) is 13.6. The second-order valence-corrected chi connectivity index (χ2v) is 27.7. The van der Waals surface area contributed by atoms with Crippen LogP contribution in [0.15, 0.2) is 194 Å². The average Bonchev–Trinajstić information content (AvgIpc) is 3.62. The van der Waals surface area contributed by atoms with E-state index in [0.29, 0.717) is 0 Å². The van der Waals surface area contributed by atoms with E-state index in [-0.39, 0.29) is 0 Å². The molecule has 0 saturated carbocycles. The molecule has 3 aromatic heterocycles. The first-order chi connectivity index (χ1) is 29.0. The van der Waals surface area contributed by atoms with Crippen molar-refractivity contribution in [2.24, 2.45) is 0 Å². The van der Waals surface area contributed by atoms with Crippen molar-refractivity contribution in [1.82, 2.24) is 14.5 Å². The summed E-state index contributed by atoms with van der Waals surface area (Å²) in [4.78, 5) is 12.5. The van der Waals surface area contributed by atoms with E-state index in [1.807, 2.05) is 12.4 Å². The third-order valence-corrected chi connectivity index (χ3v) is 15.5. The first-order valence-electron chi connectivity index (χ1n) is 20.8. The van der Waals surface area contributed by atoms with Crippen molar-refractivity contribution in [3.05, 3.63) is 194 Å². The number of aromatic nitrogens is 3. The Hall–Kier alpha value is -6.61. The molecule has 0 aliphatic heterocycles. The van der Waals surface area contributed by atoms with Crippen molar-refractivity contribution in [3.8, 4) is 50.6 Å². The van der Waals surface area contributed by atoms with E-state index in [9.17, 15) is 0 Å². The molecule has 4 nitrogen and oxygen atoms in total. The van der Waals surface area contributed by atoms with Gasteiger partial charge in [0.15, 0.2) is 0 Å². The van der Waals surface area contributed by atoms with Crippen LogP contribution >= 0.6 is 0 Å². The molecule has 0 bridgehead atoms. The van der Waals surface area contributed by atoms with Crippen LogP contribution in [0.2, 0.25) is 39.3 Å². The monoisotopic (exact) mass is 810 g/mol. The summed E-state index contributed by atoms with van der Waals surface area (Å²) in [5.74, 6) is 0.921. The summed E-state index contributed by atoms with van der Waals surface area (Å²) < 4.78 is 2.41. The van der Waals surface area contributed by atoms with Crippen LogP contribution in [-0.4, -0.2) is 30.7 Å². The molecular formula is C54H50N4Si2. The molecule has 0 aliphatic carbocycles. The maximum Gasteiger partial charge on any atom is 0.137 e. The van der Waals surface area contributed by atoms with E-state index in [4.69, 9.17) is 9.97 Å². The van der Waals surface area contributed by atoms with Crippen LogP contribution < -0.4 is 15.3 Å². The lowest BCUT2D eigenvalue weighted by molar-refractivity contribution is 1.05. The van der Waals surface area contributed by atoms with E-state index in [1.54, 1.807) is 0 Å². The second-order valence-electron chi connectivity index (χ2n) is 17.6. The fourth-order valence-electron chi connectivity index (χ4n) is 8.24. The number of nitrogens with zero attached hydrogens (tertiary/aromatic N) is 4. The molecule has 6 aromatic carbocycles. The minimum Gasteiger partial charge on any atom is -0.310 e. The zero-order valence-corrected chi connectivity index (χ0v) is 37.3. The van der Waals surface area contributed by atoms with Crippen LogP contribution in [0.4, 0.5) is 17.1 Å². The number of para-hydroxylation sites is 1. The van der Waals surface area contributed by atoms with Crippen molar-refractivity contribution in [2.75, 3.05) is 4.90 Å². The SMILES string of the molecule is C[Si](C)(C)c1ccnc(-c2cccc(N(c3ccc4c(-c5ccccc5)c(-c5ccccc5)n(-c5cc([Si](C)(C)C)ccn5)c4c3)c3ccccc3-c3ccccc3)c2)c1. The molecule has 3 heterocycles. The third-order valence-electron chi connectivity index (χ3n) is 11.4. The summed E-state index contributed by atoms with van der Waals surface area (Å²) in [6, 6.07) is 65.9. The Balaban J connectivity index is 1.35. The van der Waals surface area contributed by atoms with Gasteiger partial charge in [0.25, 0.3) is 0 Å². The molecule has 9 aromatic rings. The Morgan fingerprint density at radius 1 is 0.450 bits per heavy atom. The second kappa shape index (κ2) is 15.9. The summed E-state index contributed by atoms with van der Waals surface area (Å²) in [6.07, 6.45) is 3.97. The van der Waals surface area contributed by atoms with Crippen molar-refractivity contribution in [2.45, 2.75) is 39.3 Å². The Labute approximate surface area is 356 Å². The van der Waals surface area contributed by atoms with Crippen molar-refractivity contribution >= 4 is 54.5 Å². The molecule has 0 fully saturated rings. The van der Waals surface area contributed by atoms with E-state index < -0.39 is 16.1 Å². The van der Waals surface area contributed by atoms with Gasteiger partial charge in [0.05, 0.1) is 38.7 Å². The number of fused-ring (bicyclic) bond motifs is 1. The van der Waals surface area contributed by atoms with Crippen molar-refractivity contribution < 1.29 is 0 Å². The molecule has 60 heavy (non-hydrogen) atoms. The highest BCUT2D eigenvalue weighted by Gasteiger charge is 2.26. The van der Waals surface area contributed by atoms with E-state index >= 15 is 0 Å². The molecule has 0 unspecified atom stereocenters. The van der Waals surface area contributed by atoms with Crippen molar-refractivity contribution in [1.29, 1.82) is 0 Å². The van der Waals surface area contributed by atoms with Gasteiger partial charge in [0.1, 0.15) is 5.82 Å². The van der Waals surface area contributed by atoms with Gasteiger partial charge in [-0.2, -0.15) is 0 Å². The van der Waals surface area contributed by atoms with Gasteiger partial charge >= 0.3 is 0 Å². The first-order valence-corrected chi connectivity index (χ1v) is 27.8. The van der Waals surface area contributed by atoms with Crippen molar-refractivity contribution in [3.63, 3.8) is 0 Å². The van der Waals surface area contributed by atoms with Gasteiger partial charge in [0.2, 0.25) is 0 Å². The van der Waals surface area contributed by atoms with Crippen LogP contribution in [0.1, 0.15) is 0 Å². The van der Waals surface area contributed by atoms with E-state index in [0.717, 1.165) is 62.0 Å². The quantitative estimate of drug-likeness (QED) is 0.129. The minimum absolute atomic E-state index is 0.921. The fraction of sp³-hybridized carbons (Fsp3) is 0.111. The highest BCUT2D eigenvalue weighted by atomic mass is 28.3. The average molecular weight is 811 g/mol.